The lowest BCUT2D eigenvalue weighted by Gasteiger charge is -2.72. The average molecular weight is 686 g/mol. The third kappa shape index (κ3) is 5.57. The fourth-order valence-corrected chi connectivity index (χ4v) is 14.1. The fraction of sp³-hybridized carbons (Fsp3) is 0.711. The highest BCUT2D eigenvalue weighted by Crippen LogP contribution is 2.76. The van der Waals surface area contributed by atoms with Crippen LogP contribution in [0.4, 0.5) is 0 Å². The van der Waals surface area contributed by atoms with Gasteiger partial charge in [-0.15, -0.1) is 11.6 Å². The summed E-state index contributed by atoms with van der Waals surface area (Å²) in [7, 11) is 0. The van der Waals surface area contributed by atoms with Gasteiger partial charge >= 0.3 is 5.97 Å². The Labute approximate surface area is 303 Å². The predicted molar refractivity (Wildman–Crippen MR) is 203 cm³/mol. The molecule has 49 heavy (non-hydrogen) atoms. The molecule has 268 valence electrons. The summed E-state index contributed by atoms with van der Waals surface area (Å²) in [6, 6.07) is 10.0. The van der Waals surface area contributed by atoms with Crippen molar-refractivity contribution in [3.63, 3.8) is 0 Å². The number of hydrogen-bond donors (Lipinski definition) is 1. The van der Waals surface area contributed by atoms with Crippen molar-refractivity contribution in [2.75, 3.05) is 12.4 Å². The van der Waals surface area contributed by atoms with Crippen molar-refractivity contribution in [3.8, 4) is 0 Å². The van der Waals surface area contributed by atoms with Crippen LogP contribution in [0.2, 0.25) is 0 Å². The predicted octanol–water partition coefficient (Wildman–Crippen LogP) is 11.2. The lowest BCUT2D eigenvalue weighted by Crippen LogP contribution is -2.68. The van der Waals surface area contributed by atoms with Gasteiger partial charge in [-0.05, 0) is 152 Å². The number of hydrogen-bond acceptors (Lipinski definition) is 3. The molecule has 4 heteroatoms. The van der Waals surface area contributed by atoms with Crippen molar-refractivity contribution in [3.05, 3.63) is 71.3 Å². The van der Waals surface area contributed by atoms with Crippen LogP contribution in [0, 0.1) is 57.2 Å². The molecule has 1 N–H and O–H groups in total. The number of alkyl halides is 1. The van der Waals surface area contributed by atoms with E-state index in [4.69, 9.17) is 16.3 Å². The van der Waals surface area contributed by atoms with Crippen LogP contribution < -0.4 is 5.32 Å². The molecule has 0 heterocycles. The highest BCUT2D eigenvalue weighted by molar-refractivity contribution is 6.18. The third-order valence-corrected chi connectivity index (χ3v) is 16.7. The van der Waals surface area contributed by atoms with E-state index in [0.29, 0.717) is 46.5 Å². The Bertz CT molecular complexity index is 1490. The molecule has 1 aromatic rings. The van der Waals surface area contributed by atoms with Gasteiger partial charge in [-0.3, -0.25) is 4.79 Å². The van der Waals surface area contributed by atoms with E-state index in [0.717, 1.165) is 43.2 Å². The van der Waals surface area contributed by atoms with Crippen molar-refractivity contribution in [1.29, 1.82) is 0 Å². The minimum Gasteiger partial charge on any atom is -0.461 e. The summed E-state index contributed by atoms with van der Waals surface area (Å²) in [6.07, 6.45) is 19.5. The average Bonchev–Trinajstić information content (AvgIpc) is 3.47. The summed E-state index contributed by atoms with van der Waals surface area (Å²) in [5.74, 6) is 4.11. The van der Waals surface area contributed by atoms with E-state index in [9.17, 15) is 4.79 Å². The Kier molecular flexibility index (Phi) is 9.42. The number of ether oxygens (including phenoxy) is 1. The molecule has 3 unspecified atom stereocenters. The molecule has 0 spiro atoms. The maximum atomic E-state index is 13.0. The zero-order valence-corrected chi connectivity index (χ0v) is 32.3. The van der Waals surface area contributed by atoms with Crippen LogP contribution in [-0.2, 0) is 16.1 Å². The standard InChI is InChI=1S/C45H64ClNO2/c1-30(2)34-19-24-45(47-28-27-46)26-25-43(6)36(39(34)45)17-18-38-42(5)22-20-35(41(3,4)37(42)21-23-44(38,43)7)32-13-15-33(16-14-32)40(48)49-29-31-11-9-8-10-12-31/h8-13,20,33-34,36-39,47H,1,14-19,21-29H2,2-7H3/t33-,34-,36+,37?,38?,39?,42-,43+,44+,45-/m0/s1. The molecule has 4 saturated carbocycles. The number of halogens is 1. The van der Waals surface area contributed by atoms with Gasteiger partial charge in [0.15, 0.2) is 0 Å². The number of carbonyl (C=O) groups excluding carboxylic acids is 1. The molecule has 4 fully saturated rings. The van der Waals surface area contributed by atoms with Crippen LogP contribution in [0.5, 0.6) is 0 Å². The molecule has 0 amide bonds. The van der Waals surface area contributed by atoms with Crippen LogP contribution in [0.1, 0.15) is 124 Å². The Morgan fingerprint density at radius 3 is 2.39 bits per heavy atom. The van der Waals surface area contributed by atoms with Crippen LogP contribution >= 0.6 is 11.6 Å². The van der Waals surface area contributed by atoms with Crippen molar-refractivity contribution < 1.29 is 9.53 Å². The van der Waals surface area contributed by atoms with Crippen LogP contribution in [-0.4, -0.2) is 23.9 Å². The van der Waals surface area contributed by atoms with Gasteiger partial charge < -0.3 is 10.1 Å². The van der Waals surface area contributed by atoms with E-state index in [1.165, 1.54) is 68.9 Å². The molecule has 0 aromatic heterocycles. The van der Waals surface area contributed by atoms with Crippen LogP contribution in [0.3, 0.4) is 0 Å². The van der Waals surface area contributed by atoms with E-state index in [1.54, 1.807) is 5.57 Å². The van der Waals surface area contributed by atoms with Gasteiger partial charge in [0.25, 0.3) is 0 Å². The molecule has 7 rings (SSSR count). The number of benzene rings is 1. The Morgan fingerprint density at radius 2 is 1.69 bits per heavy atom. The normalized spacial score (nSPS) is 42.4. The summed E-state index contributed by atoms with van der Waals surface area (Å²) in [4.78, 5) is 13.0. The molecular formula is C45H64ClNO2. The molecule has 0 bridgehead atoms. The second-order valence-corrected chi connectivity index (χ2v) is 19.2. The summed E-state index contributed by atoms with van der Waals surface area (Å²) in [5, 5.41) is 4.08. The van der Waals surface area contributed by atoms with Crippen LogP contribution in [0.25, 0.3) is 0 Å². The van der Waals surface area contributed by atoms with E-state index in [-0.39, 0.29) is 22.8 Å². The number of rotatable bonds is 8. The first-order valence-corrected chi connectivity index (χ1v) is 20.4. The molecule has 0 radical (unpaired) electrons. The monoisotopic (exact) mass is 685 g/mol. The number of nitrogens with one attached hydrogen (secondary N) is 1. The second-order valence-electron chi connectivity index (χ2n) is 18.8. The van der Waals surface area contributed by atoms with Gasteiger partial charge in [-0.2, -0.15) is 0 Å². The minimum absolute atomic E-state index is 0.0277. The van der Waals surface area contributed by atoms with E-state index in [1.807, 2.05) is 30.3 Å². The Hall–Kier alpha value is -1.84. The fourth-order valence-electron chi connectivity index (χ4n) is 14.0. The molecular weight excluding hydrogens is 622 g/mol. The number of fused-ring (bicyclic) bond motifs is 7. The first-order valence-electron chi connectivity index (χ1n) is 19.9. The lowest BCUT2D eigenvalue weighted by atomic mass is 9.33. The first-order chi connectivity index (χ1) is 23.3. The molecule has 10 atom stereocenters. The first kappa shape index (κ1) is 35.6. The van der Waals surface area contributed by atoms with Crippen LogP contribution in [0.15, 0.2) is 65.8 Å². The van der Waals surface area contributed by atoms with E-state index < -0.39 is 0 Å². The minimum atomic E-state index is -0.0405. The smallest absolute Gasteiger partial charge is 0.309 e. The van der Waals surface area contributed by atoms with E-state index >= 15 is 0 Å². The summed E-state index contributed by atoms with van der Waals surface area (Å²) < 4.78 is 5.75. The highest BCUT2D eigenvalue weighted by atomic mass is 35.5. The number of allylic oxidation sites excluding steroid dienone is 5. The lowest BCUT2D eigenvalue weighted by molar-refractivity contribution is -0.221. The van der Waals surface area contributed by atoms with Gasteiger partial charge in [0.1, 0.15) is 6.61 Å². The van der Waals surface area contributed by atoms with Gasteiger partial charge in [0.05, 0.1) is 5.92 Å². The third-order valence-electron chi connectivity index (χ3n) is 16.5. The molecule has 0 aliphatic heterocycles. The zero-order chi connectivity index (χ0) is 34.8. The van der Waals surface area contributed by atoms with Crippen molar-refractivity contribution in [1.82, 2.24) is 5.32 Å². The maximum absolute atomic E-state index is 13.0. The van der Waals surface area contributed by atoms with Crippen molar-refractivity contribution >= 4 is 17.6 Å². The maximum Gasteiger partial charge on any atom is 0.309 e. The topological polar surface area (TPSA) is 38.3 Å². The zero-order valence-electron chi connectivity index (χ0n) is 31.5. The Balaban J connectivity index is 1.11. The molecule has 0 saturated heterocycles. The van der Waals surface area contributed by atoms with Gasteiger partial charge in [0.2, 0.25) is 0 Å². The highest BCUT2D eigenvalue weighted by Gasteiger charge is 2.70. The summed E-state index contributed by atoms with van der Waals surface area (Å²) in [6.45, 7) is 21.5. The van der Waals surface area contributed by atoms with Crippen molar-refractivity contribution in [2.45, 2.75) is 131 Å². The molecule has 3 nitrogen and oxygen atoms in total. The van der Waals surface area contributed by atoms with Gasteiger partial charge in [-0.1, -0.05) is 89.3 Å². The number of carbonyl (C=O) groups is 1. The van der Waals surface area contributed by atoms with Crippen molar-refractivity contribution in [2.24, 2.45) is 57.2 Å². The van der Waals surface area contributed by atoms with E-state index in [2.05, 4.69) is 65.6 Å². The SMILES string of the molecule is C=C(C)[C@@H]1CC[C@]2(NCCCl)CC[C@]3(C)[C@H](CCC4[C@@]5(C)CC=C(C6=CC[C@H](C(=O)OCc7ccccc7)CC6)C(C)(C)C5CC[C@]43C)C12. The number of esters is 1. The molecule has 6 aliphatic rings. The Morgan fingerprint density at radius 1 is 0.918 bits per heavy atom. The summed E-state index contributed by atoms with van der Waals surface area (Å²) >= 11 is 6.29. The molecule has 6 aliphatic carbocycles. The largest absolute Gasteiger partial charge is 0.461 e. The van der Waals surface area contributed by atoms with Gasteiger partial charge in [-0.25, -0.2) is 0 Å². The second kappa shape index (κ2) is 13.0. The summed E-state index contributed by atoms with van der Waals surface area (Å²) in [5.41, 5.74) is 6.92. The quantitative estimate of drug-likeness (QED) is 0.168. The molecule has 1 aromatic carbocycles. The van der Waals surface area contributed by atoms with Gasteiger partial charge in [0, 0.05) is 18.0 Å².